The van der Waals surface area contributed by atoms with Crippen LogP contribution in [0, 0.1) is 0 Å². The van der Waals surface area contributed by atoms with Crippen LogP contribution in [0.2, 0.25) is 0 Å². The highest BCUT2D eigenvalue weighted by Crippen LogP contribution is 2.36. The standard InChI is InChI=1S/C14H15N3O2/c1-2-8-12(15)16-13(17-14(8)18)10-7-19-11-6-4-3-5-9(10)11/h3-6,10H,2,7H2,1H3,(H3,15,16,17,18). The van der Waals surface area contributed by atoms with Crippen LogP contribution in [0.3, 0.4) is 0 Å². The van der Waals surface area contributed by atoms with E-state index in [2.05, 4.69) is 9.97 Å². The second-order valence-electron chi connectivity index (χ2n) is 4.57. The van der Waals surface area contributed by atoms with E-state index in [1.807, 2.05) is 31.2 Å². The number of anilines is 1. The lowest BCUT2D eigenvalue weighted by Crippen LogP contribution is -2.21. The molecule has 2 heterocycles. The molecule has 3 rings (SSSR count). The normalized spacial score (nSPS) is 17.0. The van der Waals surface area contributed by atoms with Gasteiger partial charge in [-0.2, -0.15) is 0 Å². The molecule has 0 amide bonds. The summed E-state index contributed by atoms with van der Waals surface area (Å²) < 4.78 is 5.60. The molecule has 5 heteroatoms. The Balaban J connectivity index is 2.08. The van der Waals surface area contributed by atoms with Crippen LogP contribution in [0.25, 0.3) is 0 Å². The van der Waals surface area contributed by atoms with Gasteiger partial charge in [0.15, 0.2) is 0 Å². The fraction of sp³-hybridized carbons (Fsp3) is 0.286. The van der Waals surface area contributed by atoms with Crippen LogP contribution >= 0.6 is 0 Å². The third kappa shape index (κ3) is 1.87. The van der Waals surface area contributed by atoms with Crippen LogP contribution < -0.4 is 16.0 Å². The van der Waals surface area contributed by atoms with Crippen LogP contribution in [-0.4, -0.2) is 16.6 Å². The Kier molecular flexibility index (Phi) is 2.74. The highest BCUT2D eigenvalue weighted by molar-refractivity contribution is 5.45. The van der Waals surface area contributed by atoms with Crippen molar-refractivity contribution in [2.24, 2.45) is 0 Å². The summed E-state index contributed by atoms with van der Waals surface area (Å²) in [5.41, 5.74) is 7.26. The molecular weight excluding hydrogens is 242 g/mol. The van der Waals surface area contributed by atoms with Gasteiger partial charge in [-0.1, -0.05) is 25.1 Å². The molecule has 1 aromatic carbocycles. The molecule has 0 radical (unpaired) electrons. The molecular formula is C14H15N3O2. The molecule has 1 aliphatic heterocycles. The smallest absolute Gasteiger partial charge is 0.256 e. The zero-order valence-corrected chi connectivity index (χ0v) is 10.6. The minimum absolute atomic E-state index is 0.0582. The molecule has 19 heavy (non-hydrogen) atoms. The Labute approximate surface area is 110 Å². The van der Waals surface area contributed by atoms with Gasteiger partial charge in [-0.05, 0) is 12.5 Å². The maximum absolute atomic E-state index is 11.9. The van der Waals surface area contributed by atoms with Crippen LogP contribution in [-0.2, 0) is 6.42 Å². The first-order chi connectivity index (χ1) is 9.20. The molecule has 0 saturated heterocycles. The monoisotopic (exact) mass is 257 g/mol. The number of para-hydroxylation sites is 1. The summed E-state index contributed by atoms with van der Waals surface area (Å²) in [6.07, 6.45) is 0.576. The molecule has 1 atom stereocenters. The molecule has 0 aliphatic carbocycles. The average Bonchev–Trinajstić information content (AvgIpc) is 2.82. The van der Waals surface area contributed by atoms with Crippen molar-refractivity contribution in [2.75, 3.05) is 12.3 Å². The molecule has 1 aliphatic rings. The molecule has 0 fully saturated rings. The van der Waals surface area contributed by atoms with Crippen molar-refractivity contribution in [3.63, 3.8) is 0 Å². The van der Waals surface area contributed by atoms with Crippen LogP contribution in [0.5, 0.6) is 5.75 Å². The van der Waals surface area contributed by atoms with Crippen molar-refractivity contribution >= 4 is 5.82 Å². The molecule has 0 saturated carbocycles. The Morgan fingerprint density at radius 3 is 3.00 bits per heavy atom. The van der Waals surface area contributed by atoms with Crippen molar-refractivity contribution < 1.29 is 4.74 Å². The van der Waals surface area contributed by atoms with E-state index in [1.54, 1.807) is 0 Å². The van der Waals surface area contributed by atoms with Crippen molar-refractivity contribution in [2.45, 2.75) is 19.3 Å². The van der Waals surface area contributed by atoms with Gasteiger partial charge < -0.3 is 15.5 Å². The van der Waals surface area contributed by atoms with Gasteiger partial charge in [0.05, 0.1) is 11.5 Å². The van der Waals surface area contributed by atoms with Gasteiger partial charge in [0.25, 0.3) is 5.56 Å². The number of aromatic nitrogens is 2. The minimum Gasteiger partial charge on any atom is -0.492 e. The SMILES string of the molecule is CCc1c(N)nc(C2COc3ccccc32)[nH]c1=O. The number of rotatable bonds is 2. The van der Waals surface area contributed by atoms with Crippen LogP contribution in [0.4, 0.5) is 5.82 Å². The number of hydrogen-bond acceptors (Lipinski definition) is 4. The first-order valence-corrected chi connectivity index (χ1v) is 6.31. The second-order valence-corrected chi connectivity index (χ2v) is 4.57. The molecule has 98 valence electrons. The number of benzene rings is 1. The highest BCUT2D eigenvalue weighted by Gasteiger charge is 2.27. The zero-order chi connectivity index (χ0) is 13.4. The largest absolute Gasteiger partial charge is 0.492 e. The van der Waals surface area contributed by atoms with Gasteiger partial charge in [-0.25, -0.2) is 4.98 Å². The van der Waals surface area contributed by atoms with Crippen LogP contribution in [0.1, 0.15) is 29.8 Å². The number of nitrogen functional groups attached to an aromatic ring is 1. The lowest BCUT2D eigenvalue weighted by molar-refractivity contribution is 0.339. The minimum atomic E-state index is -0.158. The number of aromatic amines is 1. The Bertz CT molecular complexity index is 679. The molecule has 0 spiro atoms. The van der Waals surface area contributed by atoms with Gasteiger partial charge in [-0.3, -0.25) is 4.79 Å². The van der Waals surface area contributed by atoms with Gasteiger partial charge >= 0.3 is 0 Å². The molecule has 1 unspecified atom stereocenters. The van der Waals surface area contributed by atoms with E-state index in [9.17, 15) is 4.79 Å². The van der Waals surface area contributed by atoms with E-state index >= 15 is 0 Å². The van der Waals surface area contributed by atoms with Gasteiger partial charge in [-0.15, -0.1) is 0 Å². The average molecular weight is 257 g/mol. The summed E-state index contributed by atoms with van der Waals surface area (Å²) in [6.45, 7) is 2.36. The number of nitrogens with zero attached hydrogens (tertiary/aromatic N) is 1. The summed E-state index contributed by atoms with van der Waals surface area (Å²) in [7, 11) is 0. The Hall–Kier alpha value is -2.30. The third-order valence-electron chi connectivity index (χ3n) is 3.45. The highest BCUT2D eigenvalue weighted by atomic mass is 16.5. The second kappa shape index (κ2) is 4.42. The van der Waals surface area contributed by atoms with Gasteiger partial charge in [0.1, 0.15) is 24.0 Å². The van der Waals surface area contributed by atoms with E-state index in [0.29, 0.717) is 30.2 Å². The van der Waals surface area contributed by atoms with Crippen molar-refractivity contribution in [1.29, 1.82) is 0 Å². The summed E-state index contributed by atoms with van der Waals surface area (Å²) in [4.78, 5) is 19.1. The predicted molar refractivity (Wildman–Crippen MR) is 72.4 cm³/mol. The molecule has 3 N–H and O–H groups in total. The first-order valence-electron chi connectivity index (χ1n) is 6.31. The first kappa shape index (κ1) is 11.8. The number of fused-ring (bicyclic) bond motifs is 1. The fourth-order valence-corrected chi connectivity index (χ4v) is 2.43. The van der Waals surface area contributed by atoms with Gasteiger partial charge in [0, 0.05) is 5.56 Å². The predicted octanol–water partition coefficient (Wildman–Crippen LogP) is 1.44. The maximum atomic E-state index is 11.9. The van der Waals surface area contributed by atoms with E-state index in [-0.39, 0.29) is 11.5 Å². The summed E-state index contributed by atoms with van der Waals surface area (Å²) in [5, 5.41) is 0. The molecule has 1 aromatic heterocycles. The zero-order valence-electron chi connectivity index (χ0n) is 10.6. The summed E-state index contributed by atoms with van der Waals surface area (Å²) in [5.74, 6) is 1.67. The molecule has 0 bridgehead atoms. The van der Waals surface area contributed by atoms with E-state index in [1.165, 1.54) is 0 Å². The number of H-pyrrole nitrogens is 1. The quantitative estimate of drug-likeness (QED) is 0.853. The summed E-state index contributed by atoms with van der Waals surface area (Å²) in [6, 6.07) is 7.77. The fourth-order valence-electron chi connectivity index (χ4n) is 2.43. The van der Waals surface area contributed by atoms with E-state index in [0.717, 1.165) is 11.3 Å². The van der Waals surface area contributed by atoms with Gasteiger partial charge in [0.2, 0.25) is 0 Å². The Morgan fingerprint density at radius 1 is 1.47 bits per heavy atom. The topological polar surface area (TPSA) is 81.0 Å². The maximum Gasteiger partial charge on any atom is 0.256 e. The number of nitrogens with two attached hydrogens (primary N) is 1. The number of ether oxygens (including phenoxy) is 1. The van der Waals surface area contributed by atoms with Crippen molar-refractivity contribution in [3.8, 4) is 5.75 Å². The number of hydrogen-bond donors (Lipinski definition) is 2. The third-order valence-corrected chi connectivity index (χ3v) is 3.45. The van der Waals surface area contributed by atoms with Crippen molar-refractivity contribution in [3.05, 3.63) is 51.6 Å². The van der Waals surface area contributed by atoms with Crippen molar-refractivity contribution in [1.82, 2.24) is 9.97 Å². The molecule has 5 nitrogen and oxygen atoms in total. The molecule has 2 aromatic rings. The summed E-state index contributed by atoms with van der Waals surface area (Å²) >= 11 is 0. The lowest BCUT2D eigenvalue weighted by atomic mass is 10.0. The Morgan fingerprint density at radius 2 is 2.26 bits per heavy atom. The lowest BCUT2D eigenvalue weighted by Gasteiger charge is -2.10. The van der Waals surface area contributed by atoms with Crippen LogP contribution in [0.15, 0.2) is 29.1 Å². The van der Waals surface area contributed by atoms with E-state index in [4.69, 9.17) is 10.5 Å². The number of nitrogens with one attached hydrogen (secondary N) is 1. The van der Waals surface area contributed by atoms with E-state index < -0.39 is 0 Å².